The molecule has 0 heterocycles. The van der Waals surface area contributed by atoms with Gasteiger partial charge in [-0.3, -0.25) is 0 Å². The molecule has 1 aromatic carbocycles. The molecular formula is C11H10BrClF2O4S. The first kappa shape index (κ1) is 17.3. The lowest BCUT2D eigenvalue weighted by Gasteiger charge is -2.09. The van der Waals surface area contributed by atoms with Gasteiger partial charge in [-0.25, -0.2) is 22.0 Å². The zero-order chi connectivity index (χ0) is 15.5. The van der Waals surface area contributed by atoms with Crippen LogP contribution in [0.4, 0.5) is 8.78 Å². The molecule has 0 spiro atoms. The molecule has 0 unspecified atom stereocenters. The Morgan fingerprint density at radius 1 is 1.45 bits per heavy atom. The number of carbonyl (C=O) groups excluding carboxylic acids is 1. The highest BCUT2D eigenvalue weighted by Crippen LogP contribution is 2.32. The van der Waals surface area contributed by atoms with Crippen LogP contribution >= 0.6 is 26.6 Å². The van der Waals surface area contributed by atoms with Crippen molar-refractivity contribution in [2.75, 3.05) is 6.61 Å². The highest BCUT2D eigenvalue weighted by atomic mass is 79.9. The van der Waals surface area contributed by atoms with Crippen LogP contribution in [-0.2, 0) is 13.8 Å². The summed E-state index contributed by atoms with van der Waals surface area (Å²) < 4.78 is 54.4. The van der Waals surface area contributed by atoms with E-state index in [4.69, 9.17) is 10.7 Å². The molecule has 0 radical (unpaired) electrons. The van der Waals surface area contributed by atoms with Crippen LogP contribution in [0.25, 0.3) is 0 Å². The van der Waals surface area contributed by atoms with Crippen LogP contribution in [0.2, 0.25) is 0 Å². The molecule has 0 aromatic heterocycles. The van der Waals surface area contributed by atoms with Crippen LogP contribution in [-0.4, -0.2) is 21.0 Å². The van der Waals surface area contributed by atoms with E-state index in [-0.39, 0.29) is 6.61 Å². The van der Waals surface area contributed by atoms with E-state index < -0.39 is 41.6 Å². The Hall–Kier alpha value is -0.730. The van der Waals surface area contributed by atoms with Crippen LogP contribution in [0.3, 0.4) is 0 Å². The number of halogens is 4. The maximum atomic E-state index is 14.0. The molecule has 0 amide bonds. The van der Waals surface area contributed by atoms with Gasteiger partial charge in [0.15, 0.2) is 5.82 Å². The fraction of sp³-hybridized carbons (Fsp3) is 0.364. The molecule has 20 heavy (non-hydrogen) atoms. The van der Waals surface area contributed by atoms with Crippen molar-refractivity contribution in [1.29, 1.82) is 0 Å². The second kappa shape index (κ2) is 6.82. The first-order valence-electron chi connectivity index (χ1n) is 5.49. The van der Waals surface area contributed by atoms with Gasteiger partial charge in [-0.1, -0.05) is 13.3 Å². The van der Waals surface area contributed by atoms with Gasteiger partial charge in [-0.15, -0.1) is 0 Å². The number of carbonyl (C=O) groups is 1. The van der Waals surface area contributed by atoms with Gasteiger partial charge in [-0.05, 0) is 28.4 Å². The van der Waals surface area contributed by atoms with Crippen molar-refractivity contribution in [2.45, 2.75) is 24.7 Å². The zero-order valence-corrected chi connectivity index (χ0v) is 13.4. The second-order valence-electron chi connectivity index (χ2n) is 3.79. The first-order valence-corrected chi connectivity index (χ1v) is 8.59. The zero-order valence-electron chi connectivity index (χ0n) is 10.3. The standard InChI is InChI=1S/C11H10BrClF2O4S/c1-2-3-4-19-11(16)8-7(14)5-6(12)10(9(8)15)20(13,17)18/h5H,2-4H2,1H3. The monoisotopic (exact) mass is 390 g/mol. The van der Waals surface area contributed by atoms with Crippen molar-refractivity contribution in [3.8, 4) is 0 Å². The minimum absolute atomic E-state index is 0.0206. The van der Waals surface area contributed by atoms with Crippen LogP contribution in [0.5, 0.6) is 0 Å². The molecule has 0 fully saturated rings. The van der Waals surface area contributed by atoms with Crippen LogP contribution in [0, 0.1) is 11.6 Å². The summed E-state index contributed by atoms with van der Waals surface area (Å²) in [7, 11) is 0.566. The maximum absolute atomic E-state index is 14.0. The van der Waals surface area contributed by atoms with Gasteiger partial charge in [-0.2, -0.15) is 0 Å². The molecule has 0 aliphatic carbocycles. The normalized spacial score (nSPS) is 11.4. The fourth-order valence-corrected chi connectivity index (χ4v) is 3.72. The van der Waals surface area contributed by atoms with Crippen LogP contribution in [0.15, 0.2) is 15.4 Å². The van der Waals surface area contributed by atoms with E-state index in [0.29, 0.717) is 12.5 Å². The van der Waals surface area contributed by atoms with E-state index >= 15 is 0 Å². The summed E-state index contributed by atoms with van der Waals surface area (Å²) in [6, 6.07) is 0.648. The third-order valence-corrected chi connectivity index (χ3v) is 4.54. The van der Waals surface area contributed by atoms with Gasteiger partial charge in [0.25, 0.3) is 9.05 Å². The molecule has 0 aliphatic rings. The van der Waals surface area contributed by atoms with Gasteiger partial charge in [0, 0.05) is 15.2 Å². The molecule has 1 rings (SSSR count). The van der Waals surface area contributed by atoms with E-state index in [0.717, 1.165) is 6.42 Å². The number of esters is 1. The molecule has 0 bridgehead atoms. The molecule has 0 atom stereocenters. The smallest absolute Gasteiger partial charge is 0.344 e. The summed E-state index contributed by atoms with van der Waals surface area (Å²) >= 11 is 2.69. The molecule has 0 aliphatic heterocycles. The first-order chi connectivity index (χ1) is 9.20. The summed E-state index contributed by atoms with van der Waals surface area (Å²) in [5, 5.41) is 0. The Labute approximate surface area is 127 Å². The molecule has 9 heteroatoms. The molecule has 112 valence electrons. The van der Waals surface area contributed by atoms with Crippen molar-refractivity contribution in [3.05, 3.63) is 27.7 Å². The number of rotatable bonds is 5. The summed E-state index contributed by atoms with van der Waals surface area (Å²) in [4.78, 5) is 10.6. The Kier molecular flexibility index (Phi) is 5.91. The fourth-order valence-electron chi connectivity index (χ4n) is 1.36. The lowest BCUT2D eigenvalue weighted by atomic mass is 10.2. The predicted molar refractivity (Wildman–Crippen MR) is 72.3 cm³/mol. The molecule has 4 nitrogen and oxygen atoms in total. The molecule has 0 N–H and O–H groups in total. The highest BCUT2D eigenvalue weighted by Gasteiger charge is 2.29. The van der Waals surface area contributed by atoms with E-state index in [2.05, 4.69) is 20.7 Å². The topological polar surface area (TPSA) is 60.4 Å². The summed E-state index contributed by atoms with van der Waals surface area (Å²) in [5.74, 6) is -4.09. The van der Waals surface area contributed by atoms with Crippen molar-refractivity contribution in [1.82, 2.24) is 0 Å². The lowest BCUT2D eigenvalue weighted by Crippen LogP contribution is -2.14. The predicted octanol–water partition coefficient (Wildman–Crippen LogP) is 3.61. The molecule has 0 saturated heterocycles. The lowest BCUT2D eigenvalue weighted by molar-refractivity contribution is 0.0488. The quantitative estimate of drug-likeness (QED) is 0.437. The average molecular weight is 392 g/mol. The third kappa shape index (κ3) is 3.89. The van der Waals surface area contributed by atoms with E-state index in [1.807, 2.05) is 6.92 Å². The summed E-state index contributed by atoms with van der Waals surface area (Å²) in [6.07, 6.45) is 1.24. The van der Waals surface area contributed by atoms with E-state index in [9.17, 15) is 22.0 Å². The third-order valence-electron chi connectivity index (χ3n) is 2.31. The Morgan fingerprint density at radius 3 is 2.55 bits per heavy atom. The van der Waals surface area contributed by atoms with Crippen molar-refractivity contribution < 1.29 is 26.7 Å². The molecular weight excluding hydrogens is 382 g/mol. The largest absolute Gasteiger partial charge is 0.462 e. The van der Waals surface area contributed by atoms with Crippen molar-refractivity contribution >= 4 is 41.6 Å². The summed E-state index contributed by atoms with van der Waals surface area (Å²) in [5.41, 5.74) is -1.08. The summed E-state index contributed by atoms with van der Waals surface area (Å²) in [6.45, 7) is 1.82. The second-order valence-corrected chi connectivity index (χ2v) is 7.14. The number of ether oxygens (including phenoxy) is 1. The number of benzene rings is 1. The highest BCUT2D eigenvalue weighted by molar-refractivity contribution is 9.10. The SMILES string of the molecule is CCCCOC(=O)c1c(F)cc(Br)c(S(=O)(=O)Cl)c1F. The van der Waals surface area contributed by atoms with Gasteiger partial charge in [0.2, 0.25) is 0 Å². The molecule has 1 aromatic rings. The molecule has 0 saturated carbocycles. The Morgan fingerprint density at radius 2 is 2.05 bits per heavy atom. The number of hydrogen-bond acceptors (Lipinski definition) is 4. The van der Waals surface area contributed by atoms with Crippen molar-refractivity contribution in [3.63, 3.8) is 0 Å². The van der Waals surface area contributed by atoms with E-state index in [1.54, 1.807) is 0 Å². The average Bonchev–Trinajstić information content (AvgIpc) is 2.26. The number of unbranched alkanes of at least 4 members (excludes halogenated alkanes) is 1. The minimum Gasteiger partial charge on any atom is -0.462 e. The van der Waals surface area contributed by atoms with Gasteiger partial charge >= 0.3 is 5.97 Å². The van der Waals surface area contributed by atoms with Gasteiger partial charge < -0.3 is 4.74 Å². The van der Waals surface area contributed by atoms with E-state index in [1.165, 1.54) is 0 Å². The number of hydrogen-bond donors (Lipinski definition) is 0. The van der Waals surface area contributed by atoms with Gasteiger partial charge in [0.05, 0.1) is 6.61 Å². The van der Waals surface area contributed by atoms with Crippen molar-refractivity contribution in [2.24, 2.45) is 0 Å². The Balaban J connectivity index is 3.31. The maximum Gasteiger partial charge on any atom is 0.344 e. The Bertz CT molecular complexity index is 634. The van der Waals surface area contributed by atoms with Crippen LogP contribution < -0.4 is 0 Å². The van der Waals surface area contributed by atoms with Crippen LogP contribution in [0.1, 0.15) is 30.1 Å². The van der Waals surface area contributed by atoms with Gasteiger partial charge in [0.1, 0.15) is 16.3 Å². The minimum atomic E-state index is -4.49.